The van der Waals surface area contributed by atoms with Gasteiger partial charge >= 0.3 is 12.0 Å². The second-order valence-electron chi connectivity index (χ2n) is 6.31. The second-order valence-corrected chi connectivity index (χ2v) is 8.14. The Kier molecular flexibility index (Phi) is 6.98. The molecule has 1 aromatic rings. The van der Waals surface area contributed by atoms with Gasteiger partial charge in [0.2, 0.25) is 10.0 Å². The Morgan fingerprint density at radius 1 is 1.23 bits per heavy atom. The third-order valence-electron chi connectivity index (χ3n) is 4.29. The molecule has 9 heteroatoms. The molecule has 2 rings (SSSR count). The van der Waals surface area contributed by atoms with Gasteiger partial charge in [-0.3, -0.25) is 0 Å². The number of urea groups is 1. The van der Waals surface area contributed by atoms with Crippen LogP contribution in [0.4, 0.5) is 4.79 Å². The van der Waals surface area contributed by atoms with Crippen LogP contribution in [-0.4, -0.2) is 57.8 Å². The van der Waals surface area contributed by atoms with E-state index in [1.807, 2.05) is 0 Å². The molecular formula is C17H25N3O5S. The SMILES string of the molecule is COC(=O)c1ccc(CNC(=O)N2CCCCC2CNS(C)(=O)=O)cc1. The second kappa shape index (κ2) is 9.00. The van der Waals surface area contributed by atoms with Crippen LogP contribution in [0.25, 0.3) is 0 Å². The Labute approximate surface area is 153 Å². The minimum absolute atomic E-state index is 0.153. The third-order valence-corrected chi connectivity index (χ3v) is 4.98. The van der Waals surface area contributed by atoms with Crippen LogP contribution in [0.15, 0.2) is 24.3 Å². The number of sulfonamides is 1. The van der Waals surface area contributed by atoms with Gasteiger partial charge in [-0.2, -0.15) is 0 Å². The average Bonchev–Trinajstić information content (AvgIpc) is 2.64. The summed E-state index contributed by atoms with van der Waals surface area (Å²) in [6.45, 7) is 1.15. The van der Waals surface area contributed by atoms with E-state index in [2.05, 4.69) is 14.8 Å². The number of nitrogens with one attached hydrogen (secondary N) is 2. The molecule has 0 aliphatic carbocycles. The zero-order valence-electron chi connectivity index (χ0n) is 15.0. The minimum Gasteiger partial charge on any atom is -0.465 e. The summed E-state index contributed by atoms with van der Waals surface area (Å²) in [6.07, 6.45) is 3.74. The number of methoxy groups -OCH3 is 1. The molecule has 0 radical (unpaired) electrons. The third kappa shape index (κ3) is 5.99. The lowest BCUT2D eigenvalue weighted by molar-refractivity contribution is 0.0600. The van der Waals surface area contributed by atoms with Crippen LogP contribution >= 0.6 is 0 Å². The number of nitrogens with zero attached hydrogens (tertiary/aromatic N) is 1. The Balaban J connectivity index is 1.91. The van der Waals surface area contributed by atoms with Crippen molar-refractivity contribution in [1.82, 2.24) is 14.9 Å². The summed E-state index contributed by atoms with van der Waals surface area (Å²) < 4.78 is 29.7. The number of rotatable bonds is 6. The molecule has 1 fully saturated rings. The van der Waals surface area contributed by atoms with Crippen molar-refractivity contribution in [3.63, 3.8) is 0 Å². The van der Waals surface area contributed by atoms with Gasteiger partial charge in [0.25, 0.3) is 0 Å². The number of likely N-dealkylation sites (tertiary alicyclic amines) is 1. The highest BCUT2D eigenvalue weighted by Crippen LogP contribution is 2.17. The zero-order chi connectivity index (χ0) is 19.2. The van der Waals surface area contributed by atoms with Gasteiger partial charge in [0.1, 0.15) is 0 Å². The van der Waals surface area contributed by atoms with Crippen LogP contribution < -0.4 is 10.0 Å². The van der Waals surface area contributed by atoms with Gasteiger partial charge < -0.3 is 15.0 Å². The zero-order valence-corrected chi connectivity index (χ0v) is 15.8. The molecule has 26 heavy (non-hydrogen) atoms. The maximum atomic E-state index is 12.5. The number of carbonyl (C=O) groups excluding carboxylic acids is 2. The summed E-state index contributed by atoms with van der Waals surface area (Å²) in [4.78, 5) is 25.6. The van der Waals surface area contributed by atoms with E-state index >= 15 is 0 Å². The first-order valence-corrected chi connectivity index (χ1v) is 10.4. The highest BCUT2D eigenvalue weighted by molar-refractivity contribution is 7.88. The fourth-order valence-corrected chi connectivity index (χ4v) is 3.38. The Hall–Kier alpha value is -2.13. The normalized spacial score (nSPS) is 17.6. The van der Waals surface area contributed by atoms with E-state index in [4.69, 9.17) is 0 Å². The van der Waals surface area contributed by atoms with Crippen LogP contribution in [0.2, 0.25) is 0 Å². The molecule has 1 atom stereocenters. The first-order valence-electron chi connectivity index (χ1n) is 8.46. The molecular weight excluding hydrogens is 358 g/mol. The van der Waals surface area contributed by atoms with Gasteiger partial charge in [-0.05, 0) is 37.0 Å². The van der Waals surface area contributed by atoms with E-state index in [0.717, 1.165) is 31.1 Å². The summed E-state index contributed by atoms with van der Waals surface area (Å²) in [7, 11) is -1.96. The molecule has 144 valence electrons. The minimum atomic E-state index is -3.29. The van der Waals surface area contributed by atoms with Gasteiger partial charge in [0.15, 0.2) is 0 Å². The van der Waals surface area contributed by atoms with Crippen LogP contribution in [0.5, 0.6) is 0 Å². The van der Waals surface area contributed by atoms with Crippen molar-refractivity contribution in [3.8, 4) is 0 Å². The van der Waals surface area contributed by atoms with Crippen molar-refractivity contribution in [2.75, 3.05) is 26.5 Å². The first kappa shape index (κ1) is 20.2. The fourth-order valence-electron chi connectivity index (χ4n) is 2.88. The lowest BCUT2D eigenvalue weighted by atomic mass is 10.0. The highest BCUT2D eigenvalue weighted by atomic mass is 32.2. The first-order chi connectivity index (χ1) is 12.3. The maximum absolute atomic E-state index is 12.5. The predicted octanol–water partition coefficient (Wildman–Crippen LogP) is 1.09. The molecule has 0 aromatic heterocycles. The standard InChI is InChI=1S/C17H25N3O5S/c1-25-16(21)14-8-6-13(7-9-14)11-18-17(22)20-10-4-3-5-15(20)12-19-26(2,23)24/h6-9,15,19H,3-5,10-12H2,1-2H3,(H,18,22). The molecule has 2 amide bonds. The van der Waals surface area contributed by atoms with Crippen LogP contribution in [0, 0.1) is 0 Å². The molecule has 1 saturated heterocycles. The quantitative estimate of drug-likeness (QED) is 0.716. The largest absolute Gasteiger partial charge is 0.465 e. The average molecular weight is 383 g/mol. The monoisotopic (exact) mass is 383 g/mol. The van der Waals surface area contributed by atoms with Crippen molar-refractivity contribution in [3.05, 3.63) is 35.4 Å². The van der Waals surface area contributed by atoms with Gasteiger partial charge in [-0.15, -0.1) is 0 Å². The van der Waals surface area contributed by atoms with E-state index in [1.165, 1.54) is 7.11 Å². The lowest BCUT2D eigenvalue weighted by Gasteiger charge is -2.35. The fraction of sp³-hybridized carbons (Fsp3) is 0.529. The number of amides is 2. The summed E-state index contributed by atoms with van der Waals surface area (Å²) in [5.41, 5.74) is 1.30. The van der Waals surface area contributed by atoms with E-state index in [-0.39, 0.29) is 18.6 Å². The van der Waals surface area contributed by atoms with E-state index in [0.29, 0.717) is 18.7 Å². The summed E-state index contributed by atoms with van der Waals surface area (Å²) in [5.74, 6) is -0.407. The van der Waals surface area contributed by atoms with Crippen LogP contribution in [0.1, 0.15) is 35.2 Å². The number of hydrogen-bond acceptors (Lipinski definition) is 5. The molecule has 1 heterocycles. The van der Waals surface area contributed by atoms with Crippen molar-refractivity contribution >= 4 is 22.0 Å². The number of piperidine rings is 1. The van der Waals surface area contributed by atoms with Gasteiger partial charge in [0, 0.05) is 25.7 Å². The Morgan fingerprint density at radius 2 is 1.92 bits per heavy atom. The molecule has 1 unspecified atom stereocenters. The van der Waals surface area contributed by atoms with E-state index in [9.17, 15) is 18.0 Å². The van der Waals surface area contributed by atoms with E-state index in [1.54, 1.807) is 29.2 Å². The lowest BCUT2D eigenvalue weighted by Crippen LogP contribution is -2.52. The molecule has 0 bridgehead atoms. The van der Waals surface area contributed by atoms with Gasteiger partial charge in [-0.1, -0.05) is 12.1 Å². The molecule has 0 saturated carbocycles. The number of ether oxygens (including phenoxy) is 1. The molecule has 1 aliphatic rings. The van der Waals surface area contributed by atoms with Crippen molar-refractivity contribution in [2.24, 2.45) is 0 Å². The number of esters is 1. The number of carbonyl (C=O) groups is 2. The summed E-state index contributed by atoms with van der Waals surface area (Å²) in [6, 6.07) is 6.43. The highest BCUT2D eigenvalue weighted by Gasteiger charge is 2.27. The number of benzene rings is 1. The Morgan fingerprint density at radius 3 is 2.54 bits per heavy atom. The molecule has 0 spiro atoms. The summed E-state index contributed by atoms with van der Waals surface area (Å²) >= 11 is 0. The molecule has 8 nitrogen and oxygen atoms in total. The Bertz CT molecular complexity index is 733. The topological polar surface area (TPSA) is 105 Å². The molecule has 2 N–H and O–H groups in total. The van der Waals surface area contributed by atoms with Crippen molar-refractivity contribution in [1.29, 1.82) is 0 Å². The molecule has 1 aromatic carbocycles. The number of hydrogen-bond donors (Lipinski definition) is 2. The predicted molar refractivity (Wildman–Crippen MR) is 97.2 cm³/mol. The van der Waals surface area contributed by atoms with Crippen LogP contribution in [-0.2, 0) is 21.3 Å². The van der Waals surface area contributed by atoms with Gasteiger partial charge in [-0.25, -0.2) is 22.7 Å². The van der Waals surface area contributed by atoms with Crippen molar-refractivity contribution in [2.45, 2.75) is 31.8 Å². The smallest absolute Gasteiger partial charge is 0.337 e. The van der Waals surface area contributed by atoms with Gasteiger partial charge in [0.05, 0.1) is 18.9 Å². The summed E-state index contributed by atoms with van der Waals surface area (Å²) in [5, 5.41) is 2.85. The van der Waals surface area contributed by atoms with E-state index < -0.39 is 16.0 Å². The molecule has 1 aliphatic heterocycles. The van der Waals surface area contributed by atoms with Crippen molar-refractivity contribution < 1.29 is 22.7 Å². The maximum Gasteiger partial charge on any atom is 0.337 e. The van der Waals surface area contributed by atoms with Crippen LogP contribution in [0.3, 0.4) is 0 Å².